The molecular weight excluding hydrogens is 308 g/mol. The number of hydrogen-bond acceptors (Lipinski definition) is 4. The SMILES string of the molecule is O=C([O-])CCC(=O)N1CCN(C(=O)c2ccccc2Cl)CC1. The van der Waals surface area contributed by atoms with E-state index in [4.69, 9.17) is 11.6 Å². The summed E-state index contributed by atoms with van der Waals surface area (Å²) >= 11 is 6.01. The minimum Gasteiger partial charge on any atom is -0.550 e. The molecule has 1 aliphatic rings. The van der Waals surface area contributed by atoms with E-state index in [-0.39, 0.29) is 24.7 Å². The minimum absolute atomic E-state index is 0.0687. The lowest BCUT2D eigenvalue weighted by atomic mass is 10.1. The van der Waals surface area contributed by atoms with Crippen molar-refractivity contribution in [2.45, 2.75) is 12.8 Å². The van der Waals surface area contributed by atoms with Gasteiger partial charge in [-0.2, -0.15) is 0 Å². The molecule has 2 rings (SSSR count). The van der Waals surface area contributed by atoms with Crippen LogP contribution >= 0.6 is 11.6 Å². The highest BCUT2D eigenvalue weighted by Crippen LogP contribution is 2.18. The van der Waals surface area contributed by atoms with Gasteiger partial charge in [0.2, 0.25) is 5.91 Å². The van der Waals surface area contributed by atoms with Crippen molar-refractivity contribution in [3.63, 3.8) is 0 Å². The van der Waals surface area contributed by atoms with Crippen LogP contribution in [-0.4, -0.2) is 53.8 Å². The number of halogens is 1. The molecule has 22 heavy (non-hydrogen) atoms. The van der Waals surface area contributed by atoms with Crippen LogP contribution in [-0.2, 0) is 9.59 Å². The molecule has 0 aliphatic carbocycles. The third-order valence-electron chi connectivity index (χ3n) is 3.57. The molecule has 1 aliphatic heterocycles. The van der Waals surface area contributed by atoms with E-state index < -0.39 is 5.97 Å². The fourth-order valence-electron chi connectivity index (χ4n) is 2.33. The van der Waals surface area contributed by atoms with E-state index >= 15 is 0 Å². The molecule has 2 amide bonds. The lowest BCUT2D eigenvalue weighted by Crippen LogP contribution is -2.50. The minimum atomic E-state index is -1.24. The maximum absolute atomic E-state index is 12.4. The van der Waals surface area contributed by atoms with Crippen molar-refractivity contribution < 1.29 is 19.5 Å². The Balaban J connectivity index is 1.89. The summed E-state index contributed by atoms with van der Waals surface area (Å²) in [6.45, 7) is 1.59. The Morgan fingerprint density at radius 3 is 2.18 bits per heavy atom. The summed E-state index contributed by atoms with van der Waals surface area (Å²) in [7, 11) is 0. The van der Waals surface area contributed by atoms with Crippen molar-refractivity contribution in [2.24, 2.45) is 0 Å². The summed E-state index contributed by atoms with van der Waals surface area (Å²) < 4.78 is 0. The predicted octanol–water partition coefficient (Wildman–Crippen LogP) is 0.155. The first-order valence-corrected chi connectivity index (χ1v) is 7.38. The molecule has 1 heterocycles. The van der Waals surface area contributed by atoms with Gasteiger partial charge in [0.15, 0.2) is 0 Å². The average molecular weight is 324 g/mol. The maximum Gasteiger partial charge on any atom is 0.255 e. The van der Waals surface area contributed by atoms with Gasteiger partial charge in [0.05, 0.1) is 10.6 Å². The first kappa shape index (κ1) is 16.3. The molecule has 118 valence electrons. The normalized spacial score (nSPS) is 14.8. The summed E-state index contributed by atoms with van der Waals surface area (Å²) in [5.41, 5.74) is 0.445. The third-order valence-corrected chi connectivity index (χ3v) is 3.90. The molecule has 0 atom stereocenters. The van der Waals surface area contributed by atoms with Gasteiger partial charge in [0.25, 0.3) is 5.91 Å². The Kier molecular flexibility index (Phi) is 5.38. The Morgan fingerprint density at radius 1 is 1.00 bits per heavy atom. The van der Waals surface area contributed by atoms with Crippen LogP contribution in [0.4, 0.5) is 0 Å². The van der Waals surface area contributed by atoms with Gasteiger partial charge >= 0.3 is 0 Å². The smallest absolute Gasteiger partial charge is 0.255 e. The van der Waals surface area contributed by atoms with E-state index in [0.717, 1.165) is 0 Å². The second-order valence-electron chi connectivity index (χ2n) is 5.02. The standard InChI is InChI=1S/C15H17ClN2O4/c16-12-4-2-1-3-11(12)15(22)18-9-7-17(8-10-18)13(19)5-6-14(20)21/h1-4H,5-10H2,(H,20,21)/p-1. The molecule has 0 bridgehead atoms. The summed E-state index contributed by atoms with van der Waals surface area (Å²) in [6.07, 6.45) is -0.349. The van der Waals surface area contributed by atoms with Crippen LogP contribution in [0, 0.1) is 0 Å². The van der Waals surface area contributed by atoms with Gasteiger partial charge in [0.1, 0.15) is 0 Å². The fourth-order valence-corrected chi connectivity index (χ4v) is 2.55. The second kappa shape index (κ2) is 7.26. The highest BCUT2D eigenvalue weighted by molar-refractivity contribution is 6.33. The van der Waals surface area contributed by atoms with Gasteiger partial charge in [-0.3, -0.25) is 9.59 Å². The molecule has 0 aromatic heterocycles. The van der Waals surface area contributed by atoms with E-state index in [2.05, 4.69) is 0 Å². The number of carbonyl (C=O) groups is 3. The van der Waals surface area contributed by atoms with Crippen molar-refractivity contribution in [3.8, 4) is 0 Å². The quantitative estimate of drug-likeness (QED) is 0.790. The highest BCUT2D eigenvalue weighted by atomic mass is 35.5. The topological polar surface area (TPSA) is 80.8 Å². The summed E-state index contributed by atoms with van der Waals surface area (Å²) in [4.78, 5) is 37.8. The van der Waals surface area contributed by atoms with E-state index in [1.54, 1.807) is 34.1 Å². The van der Waals surface area contributed by atoms with Crippen LogP contribution in [0.1, 0.15) is 23.2 Å². The molecule has 6 nitrogen and oxygen atoms in total. The molecule has 0 saturated carbocycles. The molecule has 7 heteroatoms. The van der Waals surface area contributed by atoms with Crippen molar-refractivity contribution >= 4 is 29.4 Å². The van der Waals surface area contributed by atoms with Gasteiger partial charge in [0, 0.05) is 38.6 Å². The molecule has 1 saturated heterocycles. The molecular formula is C15H16ClN2O4-. The number of aliphatic carboxylic acids is 1. The maximum atomic E-state index is 12.4. The summed E-state index contributed by atoms with van der Waals surface area (Å²) in [5.74, 6) is -1.62. The number of carbonyl (C=O) groups excluding carboxylic acids is 3. The monoisotopic (exact) mass is 323 g/mol. The lowest BCUT2D eigenvalue weighted by Gasteiger charge is -2.35. The van der Waals surface area contributed by atoms with Crippen LogP contribution in [0.3, 0.4) is 0 Å². The lowest BCUT2D eigenvalue weighted by molar-refractivity contribution is -0.305. The molecule has 0 N–H and O–H groups in total. The Labute approximate surface area is 133 Å². The molecule has 0 radical (unpaired) electrons. The number of carboxylic acid groups (broad SMARTS) is 1. The van der Waals surface area contributed by atoms with Crippen LogP contribution in [0.15, 0.2) is 24.3 Å². The van der Waals surface area contributed by atoms with Gasteiger partial charge in [-0.1, -0.05) is 23.7 Å². The van der Waals surface area contributed by atoms with Crippen LogP contribution in [0.25, 0.3) is 0 Å². The largest absolute Gasteiger partial charge is 0.550 e. The fraction of sp³-hybridized carbons (Fsp3) is 0.400. The highest BCUT2D eigenvalue weighted by Gasteiger charge is 2.25. The number of hydrogen-bond donors (Lipinski definition) is 0. The van der Waals surface area contributed by atoms with E-state index in [9.17, 15) is 19.5 Å². The van der Waals surface area contributed by atoms with Crippen molar-refractivity contribution in [1.82, 2.24) is 9.80 Å². The van der Waals surface area contributed by atoms with E-state index in [1.165, 1.54) is 0 Å². The van der Waals surface area contributed by atoms with Crippen molar-refractivity contribution in [1.29, 1.82) is 0 Å². The Bertz CT molecular complexity index is 583. The summed E-state index contributed by atoms with van der Waals surface area (Å²) in [5, 5.41) is 10.8. The number of rotatable bonds is 4. The van der Waals surface area contributed by atoms with Gasteiger partial charge in [-0.25, -0.2) is 0 Å². The van der Waals surface area contributed by atoms with Gasteiger partial charge in [-0.15, -0.1) is 0 Å². The van der Waals surface area contributed by atoms with Crippen molar-refractivity contribution in [3.05, 3.63) is 34.9 Å². The zero-order chi connectivity index (χ0) is 16.1. The number of nitrogens with zero attached hydrogens (tertiary/aromatic N) is 2. The number of benzene rings is 1. The molecule has 0 spiro atoms. The van der Waals surface area contributed by atoms with Gasteiger partial charge < -0.3 is 19.7 Å². The molecule has 1 aromatic rings. The zero-order valence-electron chi connectivity index (χ0n) is 12.0. The average Bonchev–Trinajstić information content (AvgIpc) is 2.52. The first-order valence-electron chi connectivity index (χ1n) is 7.00. The number of amides is 2. The molecule has 0 unspecified atom stereocenters. The van der Waals surface area contributed by atoms with Crippen LogP contribution in [0.2, 0.25) is 5.02 Å². The van der Waals surface area contributed by atoms with Gasteiger partial charge in [-0.05, 0) is 18.6 Å². The molecule has 1 aromatic carbocycles. The first-order chi connectivity index (χ1) is 10.5. The Morgan fingerprint density at radius 2 is 1.59 bits per heavy atom. The van der Waals surface area contributed by atoms with E-state index in [0.29, 0.717) is 36.8 Å². The molecule has 1 fully saturated rings. The number of carboxylic acids is 1. The van der Waals surface area contributed by atoms with E-state index in [1.807, 2.05) is 0 Å². The Hall–Kier alpha value is -2.08. The predicted molar refractivity (Wildman–Crippen MR) is 78.2 cm³/mol. The van der Waals surface area contributed by atoms with Crippen molar-refractivity contribution in [2.75, 3.05) is 26.2 Å². The summed E-state index contributed by atoms with van der Waals surface area (Å²) in [6, 6.07) is 6.84. The second-order valence-corrected chi connectivity index (χ2v) is 5.43. The van der Waals surface area contributed by atoms with Crippen LogP contribution in [0.5, 0.6) is 0 Å². The third kappa shape index (κ3) is 3.98. The number of piperazine rings is 1. The zero-order valence-corrected chi connectivity index (χ0v) is 12.7. The van der Waals surface area contributed by atoms with Crippen LogP contribution < -0.4 is 5.11 Å².